The fourth-order valence-electron chi connectivity index (χ4n) is 1.23. The van der Waals surface area contributed by atoms with Crippen molar-refractivity contribution in [3.63, 3.8) is 0 Å². The third kappa shape index (κ3) is 2.60. The van der Waals surface area contributed by atoms with Crippen LogP contribution in [-0.2, 0) is 6.54 Å². The summed E-state index contributed by atoms with van der Waals surface area (Å²) in [6, 6.07) is 7.38. The topological polar surface area (TPSA) is 78.5 Å². The van der Waals surface area contributed by atoms with Crippen molar-refractivity contribution in [1.82, 2.24) is 9.97 Å². The number of rotatable bonds is 1. The van der Waals surface area contributed by atoms with Gasteiger partial charge in [-0.05, 0) is 18.2 Å². The van der Waals surface area contributed by atoms with Crippen LogP contribution in [0.1, 0.15) is 11.4 Å². The molecule has 1 aromatic heterocycles. The van der Waals surface area contributed by atoms with E-state index in [-0.39, 0.29) is 24.8 Å². The predicted molar refractivity (Wildman–Crippen MR) is 63.2 cm³/mol. The maximum atomic E-state index is 8.65. The molecular weight excluding hydrogens is 235 g/mol. The van der Waals surface area contributed by atoms with Gasteiger partial charge in [0.1, 0.15) is 5.82 Å². The number of imidazole rings is 1. The summed E-state index contributed by atoms with van der Waals surface area (Å²) in [5.41, 5.74) is 7.76. The highest BCUT2D eigenvalue weighted by Crippen LogP contribution is 2.12. The van der Waals surface area contributed by atoms with Gasteiger partial charge in [-0.2, -0.15) is 5.26 Å². The molecular formula is C9H10Cl2N4. The molecule has 0 aliphatic carbocycles. The van der Waals surface area contributed by atoms with E-state index in [1.807, 2.05) is 6.07 Å². The molecule has 0 unspecified atom stereocenters. The minimum Gasteiger partial charge on any atom is -0.341 e. The molecule has 2 rings (SSSR count). The number of H-pyrrole nitrogens is 1. The number of fused-ring (bicyclic) bond motifs is 1. The van der Waals surface area contributed by atoms with Crippen LogP contribution in [-0.4, -0.2) is 9.97 Å². The van der Waals surface area contributed by atoms with Crippen molar-refractivity contribution in [2.24, 2.45) is 5.73 Å². The zero-order valence-electron chi connectivity index (χ0n) is 7.73. The van der Waals surface area contributed by atoms with Gasteiger partial charge in [0, 0.05) is 0 Å². The van der Waals surface area contributed by atoms with Crippen LogP contribution in [0, 0.1) is 11.3 Å². The summed E-state index contributed by atoms with van der Waals surface area (Å²) in [5.74, 6) is 0.741. The Labute approximate surface area is 99.3 Å². The summed E-state index contributed by atoms with van der Waals surface area (Å²) in [7, 11) is 0. The Morgan fingerprint density at radius 2 is 2.13 bits per heavy atom. The molecule has 4 nitrogen and oxygen atoms in total. The lowest BCUT2D eigenvalue weighted by molar-refractivity contribution is 0.958. The monoisotopic (exact) mass is 244 g/mol. The maximum Gasteiger partial charge on any atom is 0.121 e. The number of halogens is 2. The van der Waals surface area contributed by atoms with Gasteiger partial charge >= 0.3 is 0 Å². The number of nitrogens with one attached hydrogen (secondary N) is 1. The molecule has 0 aliphatic rings. The molecule has 80 valence electrons. The highest BCUT2D eigenvalue weighted by atomic mass is 35.5. The first kappa shape index (κ1) is 13.7. The molecule has 1 aromatic carbocycles. The molecule has 0 atom stereocenters. The largest absolute Gasteiger partial charge is 0.341 e. The first-order valence-corrected chi connectivity index (χ1v) is 3.92. The van der Waals surface area contributed by atoms with Crippen LogP contribution in [0.4, 0.5) is 0 Å². The normalized spacial score (nSPS) is 8.80. The molecule has 1 heterocycles. The molecule has 0 fully saturated rings. The van der Waals surface area contributed by atoms with E-state index < -0.39 is 0 Å². The number of nitriles is 1. The van der Waals surface area contributed by atoms with Crippen LogP contribution in [0.15, 0.2) is 18.2 Å². The lowest BCUT2D eigenvalue weighted by atomic mass is 10.2. The Hall–Kier alpha value is -1.28. The van der Waals surface area contributed by atoms with Crippen molar-refractivity contribution in [3.05, 3.63) is 29.6 Å². The van der Waals surface area contributed by atoms with Crippen LogP contribution in [0.25, 0.3) is 11.0 Å². The van der Waals surface area contributed by atoms with Gasteiger partial charge in [0.15, 0.2) is 0 Å². The quantitative estimate of drug-likeness (QED) is 0.803. The Bertz CT molecular complexity index is 486. The van der Waals surface area contributed by atoms with Gasteiger partial charge in [-0.25, -0.2) is 4.98 Å². The lowest BCUT2D eigenvalue weighted by Gasteiger charge is -1.87. The van der Waals surface area contributed by atoms with Gasteiger partial charge in [0.25, 0.3) is 0 Å². The van der Waals surface area contributed by atoms with Crippen LogP contribution in [0.2, 0.25) is 0 Å². The molecule has 0 saturated heterocycles. The van der Waals surface area contributed by atoms with E-state index in [1.54, 1.807) is 12.1 Å². The van der Waals surface area contributed by atoms with Crippen molar-refractivity contribution in [2.45, 2.75) is 6.54 Å². The molecule has 6 heteroatoms. The highest BCUT2D eigenvalue weighted by Gasteiger charge is 2.01. The third-order valence-corrected chi connectivity index (χ3v) is 1.85. The Morgan fingerprint density at radius 1 is 1.40 bits per heavy atom. The average Bonchev–Trinajstić information content (AvgIpc) is 2.58. The summed E-state index contributed by atoms with van der Waals surface area (Å²) in [6.45, 7) is 0.385. The number of aromatic nitrogens is 2. The number of hydrogen-bond acceptors (Lipinski definition) is 3. The average molecular weight is 245 g/mol. The SMILES string of the molecule is Cl.Cl.N#Cc1ccc2nc(CN)[nH]c2c1. The Balaban J connectivity index is 0.000000980. The summed E-state index contributed by atoms with van der Waals surface area (Å²) < 4.78 is 0. The van der Waals surface area contributed by atoms with Crippen LogP contribution in [0.5, 0.6) is 0 Å². The molecule has 3 N–H and O–H groups in total. The molecule has 0 aliphatic heterocycles. The van der Waals surface area contributed by atoms with Crippen LogP contribution >= 0.6 is 24.8 Å². The van der Waals surface area contributed by atoms with E-state index in [0.717, 1.165) is 16.9 Å². The minimum absolute atomic E-state index is 0. The smallest absolute Gasteiger partial charge is 0.121 e. The first-order chi connectivity index (χ1) is 6.33. The van der Waals surface area contributed by atoms with Crippen molar-refractivity contribution < 1.29 is 0 Å². The second kappa shape index (κ2) is 5.56. The molecule has 0 amide bonds. The fourth-order valence-corrected chi connectivity index (χ4v) is 1.23. The van der Waals surface area contributed by atoms with Gasteiger partial charge in [-0.15, -0.1) is 24.8 Å². The maximum absolute atomic E-state index is 8.65. The fraction of sp³-hybridized carbons (Fsp3) is 0.111. The molecule has 0 bridgehead atoms. The van der Waals surface area contributed by atoms with Crippen molar-refractivity contribution in [1.29, 1.82) is 5.26 Å². The van der Waals surface area contributed by atoms with Crippen molar-refractivity contribution in [3.8, 4) is 6.07 Å². The summed E-state index contributed by atoms with van der Waals surface area (Å²) in [4.78, 5) is 7.25. The number of hydrogen-bond donors (Lipinski definition) is 2. The molecule has 0 spiro atoms. The van der Waals surface area contributed by atoms with E-state index >= 15 is 0 Å². The van der Waals surface area contributed by atoms with E-state index in [4.69, 9.17) is 11.0 Å². The molecule has 15 heavy (non-hydrogen) atoms. The zero-order chi connectivity index (χ0) is 9.26. The predicted octanol–water partition coefficient (Wildman–Crippen LogP) is 1.74. The van der Waals surface area contributed by atoms with Gasteiger partial charge in [0.05, 0.1) is 29.2 Å². The zero-order valence-corrected chi connectivity index (χ0v) is 9.36. The molecule has 2 aromatic rings. The van der Waals surface area contributed by atoms with Gasteiger partial charge in [-0.3, -0.25) is 0 Å². The van der Waals surface area contributed by atoms with Gasteiger partial charge in [0.2, 0.25) is 0 Å². The van der Waals surface area contributed by atoms with E-state index in [2.05, 4.69) is 16.0 Å². The standard InChI is InChI=1S/C9H8N4.2ClH/c10-4-6-1-2-7-8(3-6)13-9(5-11)12-7;;/h1-3H,5,11H2,(H,12,13);2*1H. The molecule has 0 saturated carbocycles. The summed E-state index contributed by atoms with van der Waals surface area (Å²) >= 11 is 0. The second-order valence-corrected chi connectivity index (χ2v) is 2.73. The molecule has 0 radical (unpaired) electrons. The third-order valence-electron chi connectivity index (χ3n) is 1.85. The van der Waals surface area contributed by atoms with E-state index in [1.165, 1.54) is 0 Å². The van der Waals surface area contributed by atoms with Crippen LogP contribution < -0.4 is 5.73 Å². The van der Waals surface area contributed by atoms with Crippen molar-refractivity contribution in [2.75, 3.05) is 0 Å². The highest BCUT2D eigenvalue weighted by molar-refractivity contribution is 5.85. The second-order valence-electron chi connectivity index (χ2n) is 2.73. The number of nitrogens with zero attached hydrogens (tertiary/aromatic N) is 2. The van der Waals surface area contributed by atoms with E-state index in [9.17, 15) is 0 Å². The summed E-state index contributed by atoms with van der Waals surface area (Å²) in [5, 5.41) is 8.65. The van der Waals surface area contributed by atoms with Gasteiger partial charge in [-0.1, -0.05) is 0 Å². The van der Waals surface area contributed by atoms with Crippen LogP contribution in [0.3, 0.4) is 0 Å². The minimum atomic E-state index is 0. The van der Waals surface area contributed by atoms with Crippen molar-refractivity contribution >= 4 is 35.8 Å². The lowest BCUT2D eigenvalue weighted by Crippen LogP contribution is -1.97. The summed E-state index contributed by atoms with van der Waals surface area (Å²) in [6.07, 6.45) is 0. The Kier molecular flexibility index (Phi) is 5.09. The van der Waals surface area contributed by atoms with E-state index in [0.29, 0.717) is 12.1 Å². The number of nitrogens with two attached hydrogens (primary N) is 1. The number of aromatic amines is 1. The number of benzene rings is 1. The Morgan fingerprint density at radius 3 is 2.73 bits per heavy atom. The first-order valence-electron chi connectivity index (χ1n) is 3.92. The van der Waals surface area contributed by atoms with Gasteiger partial charge < -0.3 is 10.7 Å².